The molecule has 1 aromatic heterocycles. The molecule has 0 unspecified atom stereocenters. The lowest BCUT2D eigenvalue weighted by Crippen LogP contribution is -2.38. The van der Waals surface area contributed by atoms with Gasteiger partial charge in [-0.1, -0.05) is 0 Å². The minimum atomic E-state index is -4.07. The van der Waals surface area contributed by atoms with E-state index in [1.165, 1.54) is 10.9 Å². The van der Waals surface area contributed by atoms with Gasteiger partial charge in [-0.25, -0.2) is 14.7 Å². The normalized spacial score (nSPS) is 16.6. The Balaban J connectivity index is 1.98. The molecule has 0 radical (unpaired) electrons. The van der Waals surface area contributed by atoms with Crippen LogP contribution < -0.4 is 5.14 Å². The number of nitrogens with two attached hydrogens (primary N) is 1. The van der Waals surface area contributed by atoms with Crippen LogP contribution in [0.5, 0.6) is 0 Å². The zero-order chi connectivity index (χ0) is 16.9. The summed E-state index contributed by atoms with van der Waals surface area (Å²) < 4.78 is 32.5. The van der Waals surface area contributed by atoms with Crippen LogP contribution in [0, 0.1) is 10.1 Å². The number of aromatic nitrogens is 2. The van der Waals surface area contributed by atoms with Crippen LogP contribution >= 0.6 is 0 Å². The fourth-order valence-electron chi connectivity index (χ4n) is 2.30. The van der Waals surface area contributed by atoms with Crippen molar-refractivity contribution < 1.29 is 22.3 Å². The lowest BCUT2D eigenvalue weighted by atomic mass is 10.3. The van der Waals surface area contributed by atoms with Gasteiger partial charge in [0, 0.05) is 26.1 Å². The van der Waals surface area contributed by atoms with Crippen LogP contribution in [0.1, 0.15) is 5.69 Å². The molecule has 0 bridgehead atoms. The largest absolute Gasteiger partial charge is 0.379 e. The van der Waals surface area contributed by atoms with E-state index in [2.05, 4.69) is 14.1 Å². The van der Waals surface area contributed by atoms with E-state index in [1.54, 1.807) is 0 Å². The lowest BCUT2D eigenvalue weighted by Gasteiger charge is -2.25. The fourth-order valence-corrected chi connectivity index (χ4v) is 2.61. The van der Waals surface area contributed by atoms with Crippen molar-refractivity contribution in [3.63, 3.8) is 0 Å². The highest BCUT2D eigenvalue weighted by Gasteiger charge is 2.22. The lowest BCUT2D eigenvalue weighted by molar-refractivity contribution is -0.393. The van der Waals surface area contributed by atoms with E-state index >= 15 is 0 Å². The summed E-state index contributed by atoms with van der Waals surface area (Å²) in [6.45, 7) is 3.66. The van der Waals surface area contributed by atoms with Crippen molar-refractivity contribution >= 4 is 16.1 Å². The van der Waals surface area contributed by atoms with E-state index in [9.17, 15) is 18.5 Å². The molecule has 1 aliphatic heterocycles. The third-order valence-corrected chi connectivity index (χ3v) is 3.90. The molecule has 1 aliphatic rings. The van der Waals surface area contributed by atoms with Crippen molar-refractivity contribution in [2.24, 2.45) is 5.14 Å². The molecule has 0 aliphatic carbocycles. The fraction of sp³-hybridized carbons (Fsp3) is 0.727. The molecular weight excluding hydrogens is 330 g/mol. The van der Waals surface area contributed by atoms with Gasteiger partial charge in [-0.3, -0.25) is 9.08 Å². The van der Waals surface area contributed by atoms with Crippen molar-refractivity contribution in [1.82, 2.24) is 14.5 Å². The summed E-state index contributed by atoms with van der Waals surface area (Å²) in [5, 5.41) is 15.9. The van der Waals surface area contributed by atoms with E-state index < -0.39 is 15.2 Å². The number of rotatable bonds is 8. The summed E-state index contributed by atoms with van der Waals surface area (Å²) in [6.07, 6.45) is 1.36. The standard InChI is InChI=1S/C11H19N5O6S/c12-23(19,20)22-6-1-10-11(16(17)18)15(9-13-10)3-2-14-4-7-21-8-5-14/h9H,1-8H2,(H2,12,19,20). The first-order valence-corrected chi connectivity index (χ1v) is 8.49. The van der Waals surface area contributed by atoms with Gasteiger partial charge in [0.15, 0.2) is 6.33 Å². The van der Waals surface area contributed by atoms with Gasteiger partial charge in [0.25, 0.3) is 0 Å². The predicted molar refractivity (Wildman–Crippen MR) is 78.9 cm³/mol. The molecule has 2 heterocycles. The molecular formula is C11H19N5O6S. The van der Waals surface area contributed by atoms with Gasteiger partial charge in [-0.05, 0) is 4.92 Å². The molecule has 0 spiro atoms. The third-order valence-electron chi connectivity index (χ3n) is 3.40. The summed E-state index contributed by atoms with van der Waals surface area (Å²) in [7, 11) is -4.07. The third kappa shape index (κ3) is 5.51. The summed E-state index contributed by atoms with van der Waals surface area (Å²) in [5.41, 5.74) is 0.167. The first-order chi connectivity index (χ1) is 10.9. The molecule has 1 saturated heterocycles. The highest BCUT2D eigenvalue weighted by molar-refractivity contribution is 7.84. The Kier molecular flexibility index (Phi) is 6.01. The summed E-state index contributed by atoms with van der Waals surface area (Å²) in [4.78, 5) is 16.8. The van der Waals surface area contributed by atoms with E-state index in [0.717, 1.165) is 13.1 Å². The Hall–Kier alpha value is -1.60. The van der Waals surface area contributed by atoms with Crippen LogP contribution in [0.4, 0.5) is 5.82 Å². The van der Waals surface area contributed by atoms with Gasteiger partial charge in [0.05, 0.1) is 19.8 Å². The van der Waals surface area contributed by atoms with Gasteiger partial charge < -0.3 is 14.9 Å². The van der Waals surface area contributed by atoms with E-state index in [1.807, 2.05) is 0 Å². The van der Waals surface area contributed by atoms with Gasteiger partial charge >= 0.3 is 16.1 Å². The van der Waals surface area contributed by atoms with Crippen molar-refractivity contribution in [2.75, 3.05) is 39.5 Å². The number of ether oxygens (including phenoxy) is 1. The predicted octanol–water partition coefficient (Wildman–Crippen LogP) is -1.11. The van der Waals surface area contributed by atoms with Crippen LogP contribution in [0.2, 0.25) is 0 Å². The maximum Gasteiger partial charge on any atom is 0.346 e. The second-order valence-corrected chi connectivity index (χ2v) is 6.21. The topological polar surface area (TPSA) is 143 Å². The van der Waals surface area contributed by atoms with Gasteiger partial charge in [-0.15, -0.1) is 0 Å². The number of hydrogen-bond acceptors (Lipinski definition) is 8. The molecule has 12 heteroatoms. The molecule has 11 nitrogen and oxygen atoms in total. The Morgan fingerprint density at radius 2 is 2.09 bits per heavy atom. The van der Waals surface area contributed by atoms with E-state index in [4.69, 9.17) is 9.88 Å². The molecule has 0 aromatic carbocycles. The van der Waals surface area contributed by atoms with Crippen LogP contribution in [-0.2, 0) is 32.2 Å². The Morgan fingerprint density at radius 1 is 1.39 bits per heavy atom. The smallest absolute Gasteiger partial charge is 0.346 e. The zero-order valence-electron chi connectivity index (χ0n) is 12.5. The maximum absolute atomic E-state index is 11.2. The van der Waals surface area contributed by atoms with Gasteiger partial charge in [0.1, 0.15) is 12.2 Å². The van der Waals surface area contributed by atoms with Crippen LogP contribution in [0.15, 0.2) is 6.33 Å². The van der Waals surface area contributed by atoms with Crippen molar-refractivity contribution in [1.29, 1.82) is 0 Å². The van der Waals surface area contributed by atoms with E-state index in [-0.39, 0.29) is 24.5 Å². The molecule has 2 N–H and O–H groups in total. The first kappa shape index (κ1) is 17.7. The maximum atomic E-state index is 11.2. The quantitative estimate of drug-likeness (QED) is 0.459. The average Bonchev–Trinajstić information content (AvgIpc) is 2.88. The summed E-state index contributed by atoms with van der Waals surface area (Å²) in [6, 6.07) is 0. The van der Waals surface area contributed by atoms with Gasteiger partial charge in [0.2, 0.25) is 0 Å². The molecule has 1 fully saturated rings. The average molecular weight is 349 g/mol. The summed E-state index contributed by atoms with van der Waals surface area (Å²) >= 11 is 0. The Bertz CT molecular complexity index is 639. The first-order valence-electron chi connectivity index (χ1n) is 7.02. The monoisotopic (exact) mass is 349 g/mol. The number of nitro groups is 1. The number of imidazole rings is 1. The number of hydrogen-bond donors (Lipinski definition) is 1. The Labute approximate surface area is 133 Å². The molecule has 1 aromatic rings. The van der Waals surface area contributed by atoms with Crippen molar-refractivity contribution in [2.45, 2.75) is 13.0 Å². The van der Waals surface area contributed by atoms with E-state index in [0.29, 0.717) is 26.3 Å². The number of morpholine rings is 1. The molecule has 0 atom stereocenters. The van der Waals surface area contributed by atoms with Crippen molar-refractivity contribution in [3.05, 3.63) is 22.1 Å². The van der Waals surface area contributed by atoms with Crippen LogP contribution in [-0.4, -0.2) is 67.2 Å². The molecule has 23 heavy (non-hydrogen) atoms. The molecule has 130 valence electrons. The highest BCUT2D eigenvalue weighted by Crippen LogP contribution is 2.18. The second kappa shape index (κ2) is 7.79. The van der Waals surface area contributed by atoms with Crippen LogP contribution in [0.25, 0.3) is 0 Å². The highest BCUT2D eigenvalue weighted by atomic mass is 32.2. The van der Waals surface area contributed by atoms with Crippen molar-refractivity contribution in [3.8, 4) is 0 Å². The Morgan fingerprint density at radius 3 is 2.70 bits per heavy atom. The summed E-state index contributed by atoms with van der Waals surface area (Å²) in [5.74, 6) is -0.156. The van der Waals surface area contributed by atoms with Gasteiger partial charge in [-0.2, -0.15) is 8.42 Å². The molecule has 0 amide bonds. The minimum absolute atomic E-state index is 0.0166. The zero-order valence-corrected chi connectivity index (χ0v) is 13.3. The number of nitrogens with zero attached hydrogens (tertiary/aromatic N) is 4. The molecule has 0 saturated carbocycles. The minimum Gasteiger partial charge on any atom is -0.379 e. The molecule has 2 rings (SSSR count). The van der Waals surface area contributed by atoms with Crippen LogP contribution in [0.3, 0.4) is 0 Å². The SMILES string of the molecule is NS(=O)(=O)OCCc1ncn(CCN2CCOCC2)c1[N+](=O)[O-]. The second-order valence-electron chi connectivity index (χ2n) is 4.98.